The van der Waals surface area contributed by atoms with Crippen LogP contribution in [0.3, 0.4) is 0 Å². The van der Waals surface area contributed by atoms with E-state index in [0.29, 0.717) is 17.9 Å². The van der Waals surface area contributed by atoms with E-state index in [-0.39, 0.29) is 10.6 Å². The van der Waals surface area contributed by atoms with Gasteiger partial charge in [-0.25, -0.2) is 13.2 Å². The van der Waals surface area contributed by atoms with Crippen molar-refractivity contribution in [2.24, 2.45) is 0 Å². The smallest absolute Gasteiger partial charge is 0.326 e. The highest BCUT2D eigenvalue weighted by molar-refractivity contribution is 7.89. The van der Waals surface area contributed by atoms with E-state index in [4.69, 9.17) is 9.47 Å². The largest absolute Gasteiger partial charge is 0.492 e. The molecule has 3 rings (SSSR count). The number of ether oxygens (including phenoxy) is 2. The van der Waals surface area contributed by atoms with Gasteiger partial charge in [0.15, 0.2) is 0 Å². The van der Waals surface area contributed by atoms with Gasteiger partial charge < -0.3 is 20.1 Å². The van der Waals surface area contributed by atoms with E-state index in [1.54, 1.807) is 63.4 Å². The molecule has 210 valence electrons. The summed E-state index contributed by atoms with van der Waals surface area (Å²) in [7, 11) is -4.10. The van der Waals surface area contributed by atoms with Crippen LogP contribution in [-0.2, 0) is 19.6 Å². The first-order chi connectivity index (χ1) is 18.4. The molecule has 0 radical (unpaired) electrons. The third-order valence-electron chi connectivity index (χ3n) is 5.35. The van der Waals surface area contributed by atoms with Gasteiger partial charge in [-0.2, -0.15) is 4.72 Å². The number of urea groups is 1. The number of fused-ring (bicyclic) bond motifs is 1. The zero-order chi connectivity index (χ0) is 28.6. The maximum Gasteiger partial charge on any atom is 0.326 e. The van der Waals surface area contributed by atoms with Crippen molar-refractivity contribution >= 4 is 33.2 Å². The number of amides is 2. The number of hydrogen-bond donors (Lipinski definition) is 3. The van der Waals surface area contributed by atoms with Gasteiger partial charge in [-0.1, -0.05) is 31.5 Å². The van der Waals surface area contributed by atoms with Gasteiger partial charge in [-0.3, -0.25) is 14.0 Å². The molecule has 12 heteroatoms. The summed E-state index contributed by atoms with van der Waals surface area (Å²) in [5.74, 6) is -0.353. The van der Waals surface area contributed by atoms with E-state index in [1.807, 2.05) is 6.92 Å². The van der Waals surface area contributed by atoms with Crippen LogP contribution >= 0.6 is 0 Å². The van der Waals surface area contributed by atoms with Crippen molar-refractivity contribution in [1.29, 1.82) is 0 Å². The van der Waals surface area contributed by atoms with Gasteiger partial charge >= 0.3 is 12.0 Å². The summed E-state index contributed by atoms with van der Waals surface area (Å²) in [6.45, 7) is 7.05. The second kappa shape index (κ2) is 12.8. The lowest BCUT2D eigenvalue weighted by atomic mass is 10.2. The highest BCUT2D eigenvalue weighted by Gasteiger charge is 2.30. The fourth-order valence-corrected chi connectivity index (χ4v) is 4.66. The van der Waals surface area contributed by atoms with Crippen LogP contribution in [0.15, 0.2) is 70.5 Å². The number of nitrogens with one attached hydrogen (secondary N) is 3. The molecule has 11 nitrogen and oxygen atoms in total. The molecule has 0 aliphatic heterocycles. The van der Waals surface area contributed by atoms with Gasteiger partial charge in [0.2, 0.25) is 10.0 Å². The molecule has 3 N–H and O–H groups in total. The van der Waals surface area contributed by atoms with Crippen LogP contribution < -0.4 is 25.7 Å². The molecule has 1 unspecified atom stereocenters. The van der Waals surface area contributed by atoms with Crippen molar-refractivity contribution in [2.75, 3.05) is 18.5 Å². The molecule has 1 aromatic carbocycles. The molecule has 0 saturated carbocycles. The van der Waals surface area contributed by atoms with Crippen LogP contribution in [0.1, 0.15) is 40.5 Å². The summed E-state index contributed by atoms with van der Waals surface area (Å²) in [4.78, 5) is 38.4. The van der Waals surface area contributed by atoms with Crippen molar-refractivity contribution in [1.82, 2.24) is 14.4 Å². The fraction of sp³-hybridized carbons (Fsp3) is 0.370. The lowest BCUT2D eigenvalue weighted by molar-refractivity contribution is -0.156. The van der Waals surface area contributed by atoms with Gasteiger partial charge in [-0.05, 0) is 63.6 Å². The van der Waals surface area contributed by atoms with Gasteiger partial charge in [0, 0.05) is 12.1 Å². The van der Waals surface area contributed by atoms with E-state index in [2.05, 4.69) is 15.4 Å². The number of carbonyl (C=O) groups excluding carboxylic acids is 2. The predicted molar refractivity (Wildman–Crippen MR) is 147 cm³/mol. The second-order valence-electron chi connectivity index (χ2n) is 9.77. The van der Waals surface area contributed by atoms with Crippen LogP contribution in [0.2, 0.25) is 0 Å². The molecule has 39 heavy (non-hydrogen) atoms. The van der Waals surface area contributed by atoms with Crippen LogP contribution in [0, 0.1) is 0 Å². The van der Waals surface area contributed by atoms with Crippen LogP contribution in [0.25, 0.3) is 5.52 Å². The van der Waals surface area contributed by atoms with Gasteiger partial charge in [0.25, 0.3) is 5.56 Å². The lowest BCUT2D eigenvalue weighted by Gasteiger charge is -2.24. The monoisotopic (exact) mass is 558 g/mol. The van der Waals surface area contributed by atoms with Crippen molar-refractivity contribution in [3.8, 4) is 5.75 Å². The Hall–Kier alpha value is -3.90. The van der Waals surface area contributed by atoms with Gasteiger partial charge in [0.1, 0.15) is 23.1 Å². The molecule has 1 atom stereocenters. The Kier molecular flexibility index (Phi) is 9.71. The summed E-state index contributed by atoms with van der Waals surface area (Å²) >= 11 is 0. The minimum Gasteiger partial charge on any atom is -0.492 e. The Morgan fingerprint density at radius 1 is 1.03 bits per heavy atom. The first-order valence-electron chi connectivity index (χ1n) is 12.5. The quantitative estimate of drug-likeness (QED) is 0.242. The first-order valence-corrected chi connectivity index (χ1v) is 14.0. The van der Waals surface area contributed by atoms with E-state index >= 15 is 0 Å². The number of carbonyl (C=O) groups is 2. The normalized spacial score (nSPS) is 12.5. The van der Waals surface area contributed by atoms with E-state index in [0.717, 1.165) is 12.8 Å². The Balaban J connectivity index is 1.74. The summed E-state index contributed by atoms with van der Waals surface area (Å²) in [6, 6.07) is 11.9. The molecular weight excluding hydrogens is 524 g/mol. The molecule has 3 aromatic rings. The molecule has 2 aromatic heterocycles. The standard InChI is InChI=1S/C27H34N4O7S/c1-5-6-16-37-20-14-12-19-13-15-22(24(32)31(19)18-20)29-26(34)28-17-23(25(33)38-27(2,3)4)30-39(35,36)21-10-8-7-9-11-21/h7-15,18,23,30H,5-6,16-17H2,1-4H3,(H2,28,29,34). The number of rotatable bonds is 11. The van der Waals surface area contributed by atoms with Gasteiger partial charge in [-0.15, -0.1) is 0 Å². The van der Waals surface area contributed by atoms with Crippen LogP contribution in [0.4, 0.5) is 10.5 Å². The fourth-order valence-electron chi connectivity index (χ4n) is 3.45. The third kappa shape index (κ3) is 8.55. The molecule has 0 saturated heterocycles. The maximum atomic E-state index is 13.0. The molecular formula is C27H34N4O7S. The van der Waals surface area contributed by atoms with Crippen molar-refractivity contribution < 1.29 is 27.5 Å². The molecule has 0 fully saturated rings. The molecule has 2 heterocycles. The first kappa shape index (κ1) is 29.7. The Bertz CT molecular complexity index is 1460. The summed E-state index contributed by atoms with van der Waals surface area (Å²) in [6.07, 6.45) is 3.40. The highest BCUT2D eigenvalue weighted by Crippen LogP contribution is 2.15. The lowest BCUT2D eigenvalue weighted by Crippen LogP contribution is -2.51. The predicted octanol–water partition coefficient (Wildman–Crippen LogP) is 3.29. The number of aromatic nitrogens is 1. The number of unbranched alkanes of at least 4 members (excludes halogenated alkanes) is 1. The van der Waals surface area contributed by atoms with Gasteiger partial charge in [0.05, 0.1) is 17.7 Å². The minimum absolute atomic E-state index is 0.0191. The van der Waals surface area contributed by atoms with E-state index in [9.17, 15) is 22.8 Å². The minimum atomic E-state index is -4.10. The Labute approximate surface area is 227 Å². The summed E-state index contributed by atoms with van der Waals surface area (Å²) in [5, 5.41) is 4.90. The zero-order valence-electron chi connectivity index (χ0n) is 22.4. The SMILES string of the molecule is CCCCOc1ccc2ccc(NC(=O)NCC(NS(=O)(=O)c3ccccc3)C(=O)OC(C)(C)C)c(=O)n2c1. The average Bonchev–Trinajstić information content (AvgIpc) is 2.88. The molecule has 2 amide bonds. The number of nitrogens with zero attached hydrogens (tertiary/aromatic N) is 1. The topological polar surface area (TPSA) is 144 Å². The molecule has 0 bridgehead atoms. The number of benzene rings is 1. The number of sulfonamides is 1. The second-order valence-corrected chi connectivity index (χ2v) is 11.5. The van der Waals surface area contributed by atoms with Crippen LogP contribution in [-0.4, -0.2) is 49.6 Å². The summed E-state index contributed by atoms with van der Waals surface area (Å²) < 4.78 is 40.3. The number of esters is 1. The number of hydrogen-bond acceptors (Lipinski definition) is 7. The highest BCUT2D eigenvalue weighted by atomic mass is 32.2. The Morgan fingerprint density at radius 2 is 1.72 bits per heavy atom. The molecule has 0 spiro atoms. The van der Waals surface area contributed by atoms with E-state index in [1.165, 1.54) is 22.6 Å². The van der Waals surface area contributed by atoms with E-state index < -0.39 is 45.8 Å². The van der Waals surface area contributed by atoms with Crippen LogP contribution in [0.5, 0.6) is 5.75 Å². The number of anilines is 1. The average molecular weight is 559 g/mol. The number of pyridine rings is 2. The Morgan fingerprint density at radius 3 is 2.38 bits per heavy atom. The van der Waals surface area contributed by atoms with Crippen molar-refractivity contribution in [3.05, 3.63) is 71.1 Å². The molecule has 0 aliphatic carbocycles. The maximum absolute atomic E-state index is 13.0. The third-order valence-corrected chi connectivity index (χ3v) is 6.83. The van der Waals surface area contributed by atoms with Crippen molar-refractivity contribution in [2.45, 2.75) is 57.1 Å². The zero-order valence-corrected chi connectivity index (χ0v) is 23.2. The molecule has 0 aliphatic rings. The van der Waals surface area contributed by atoms with Crippen molar-refractivity contribution in [3.63, 3.8) is 0 Å². The summed E-state index contributed by atoms with van der Waals surface area (Å²) in [5.41, 5.74) is -0.796.